The molecule has 4 aromatic rings. The average Bonchev–Trinajstić information content (AvgIpc) is 2.76. The number of fused-ring (bicyclic) bond motifs is 1. The fourth-order valence-corrected chi connectivity index (χ4v) is 3.44. The number of ether oxygens (including phenoxy) is 1. The molecule has 3 aromatic carbocycles. The van der Waals surface area contributed by atoms with E-state index < -0.39 is 45.9 Å². The van der Waals surface area contributed by atoms with E-state index in [9.17, 15) is 31.1 Å². The molecule has 0 radical (unpaired) electrons. The summed E-state index contributed by atoms with van der Waals surface area (Å²) < 4.78 is 88.2. The van der Waals surface area contributed by atoms with Crippen LogP contribution in [-0.4, -0.2) is 16.9 Å². The molecular weight excluding hydrogens is 450 g/mol. The van der Waals surface area contributed by atoms with E-state index in [-0.39, 0.29) is 28.8 Å². The summed E-state index contributed by atoms with van der Waals surface area (Å²) in [6.07, 6.45) is -4.99. The summed E-state index contributed by atoms with van der Waals surface area (Å²) in [6.45, 7) is -0.303. The number of rotatable bonds is 4. The molecule has 4 nitrogen and oxygen atoms in total. The summed E-state index contributed by atoms with van der Waals surface area (Å²) in [5.74, 6) is -3.08. The minimum Gasteiger partial charge on any atom is -0.497 e. The second kappa shape index (κ2) is 8.27. The van der Waals surface area contributed by atoms with Gasteiger partial charge in [0.25, 0.3) is 0 Å². The van der Waals surface area contributed by atoms with Crippen molar-refractivity contribution in [2.75, 3.05) is 7.11 Å². The lowest BCUT2D eigenvalue weighted by atomic mass is 10.0. The molecule has 0 aliphatic carbocycles. The van der Waals surface area contributed by atoms with Crippen molar-refractivity contribution in [3.63, 3.8) is 0 Å². The van der Waals surface area contributed by atoms with Crippen LogP contribution < -0.4 is 10.2 Å². The Kier molecular flexibility index (Phi) is 5.61. The zero-order valence-corrected chi connectivity index (χ0v) is 16.9. The first-order valence-corrected chi connectivity index (χ1v) is 9.49. The van der Waals surface area contributed by atoms with Crippen molar-refractivity contribution in [3.05, 3.63) is 93.4 Å². The van der Waals surface area contributed by atoms with E-state index in [1.807, 2.05) is 0 Å². The molecular formula is C23H14F6N2O2. The molecule has 1 aromatic heterocycles. The largest absolute Gasteiger partial charge is 0.497 e. The van der Waals surface area contributed by atoms with Crippen molar-refractivity contribution < 1.29 is 31.1 Å². The van der Waals surface area contributed by atoms with Crippen molar-refractivity contribution in [1.82, 2.24) is 9.78 Å². The maximum atomic E-state index is 14.8. The van der Waals surface area contributed by atoms with Crippen molar-refractivity contribution in [2.24, 2.45) is 0 Å². The van der Waals surface area contributed by atoms with Crippen molar-refractivity contribution >= 4 is 10.9 Å². The zero-order chi connectivity index (χ0) is 23.9. The Morgan fingerprint density at radius 1 is 1.00 bits per heavy atom. The van der Waals surface area contributed by atoms with Gasteiger partial charge in [0.1, 0.15) is 28.9 Å². The van der Waals surface area contributed by atoms with Crippen LogP contribution >= 0.6 is 0 Å². The molecule has 0 saturated carbocycles. The van der Waals surface area contributed by atoms with E-state index in [0.717, 1.165) is 22.9 Å². The van der Waals surface area contributed by atoms with Crippen LogP contribution in [-0.2, 0) is 12.7 Å². The molecule has 170 valence electrons. The number of halogens is 6. The van der Waals surface area contributed by atoms with Gasteiger partial charge in [0.05, 0.1) is 30.1 Å². The predicted molar refractivity (Wildman–Crippen MR) is 108 cm³/mol. The molecule has 1 heterocycles. The van der Waals surface area contributed by atoms with Gasteiger partial charge in [-0.15, -0.1) is 0 Å². The van der Waals surface area contributed by atoms with Gasteiger partial charge in [-0.3, -0.25) is 9.48 Å². The highest BCUT2D eigenvalue weighted by Gasteiger charge is 2.35. The summed E-state index contributed by atoms with van der Waals surface area (Å²) in [6, 6.07) is 9.66. The molecule has 0 bridgehead atoms. The van der Waals surface area contributed by atoms with Gasteiger partial charge >= 0.3 is 6.18 Å². The molecule has 0 aliphatic rings. The first-order chi connectivity index (χ1) is 15.6. The first kappa shape index (κ1) is 22.4. The lowest BCUT2D eigenvalue weighted by Crippen LogP contribution is -2.19. The molecule has 0 N–H and O–H groups in total. The number of aromatic nitrogens is 2. The Balaban J connectivity index is 2.00. The fraction of sp³-hybridized carbons (Fsp3) is 0.130. The highest BCUT2D eigenvalue weighted by molar-refractivity contribution is 5.84. The summed E-state index contributed by atoms with van der Waals surface area (Å²) in [7, 11) is 1.35. The standard InChI is InChI=1S/C23H14F6N2O2/c1-33-14-7-8-19-16(10-14)22(32)21(15-3-2-4-17(20(15)26)23(27,28)29)30-31(19)11-12-5-6-13(24)9-18(12)25/h2-10H,11H2,1H3. The summed E-state index contributed by atoms with van der Waals surface area (Å²) in [5.41, 5.74) is -3.45. The van der Waals surface area contributed by atoms with Gasteiger partial charge in [-0.25, -0.2) is 13.2 Å². The minimum atomic E-state index is -4.99. The third kappa shape index (κ3) is 4.15. The number of nitrogens with zero attached hydrogens (tertiary/aromatic N) is 2. The van der Waals surface area contributed by atoms with Gasteiger partial charge < -0.3 is 4.74 Å². The molecule has 33 heavy (non-hydrogen) atoms. The van der Waals surface area contributed by atoms with Gasteiger partial charge in [0.2, 0.25) is 5.43 Å². The monoisotopic (exact) mass is 464 g/mol. The van der Waals surface area contributed by atoms with E-state index >= 15 is 0 Å². The van der Waals surface area contributed by atoms with E-state index in [0.29, 0.717) is 12.1 Å². The van der Waals surface area contributed by atoms with E-state index in [2.05, 4.69) is 5.10 Å². The maximum absolute atomic E-state index is 14.8. The molecule has 0 aliphatic heterocycles. The first-order valence-electron chi connectivity index (χ1n) is 9.49. The van der Waals surface area contributed by atoms with Crippen molar-refractivity contribution in [2.45, 2.75) is 12.7 Å². The lowest BCUT2D eigenvalue weighted by molar-refractivity contribution is -0.139. The van der Waals surface area contributed by atoms with Crippen LogP contribution in [0.1, 0.15) is 11.1 Å². The van der Waals surface area contributed by atoms with Gasteiger partial charge in [0.15, 0.2) is 0 Å². The van der Waals surface area contributed by atoms with Crippen LogP contribution in [0.25, 0.3) is 22.2 Å². The summed E-state index contributed by atoms with van der Waals surface area (Å²) in [5, 5.41) is 4.04. The lowest BCUT2D eigenvalue weighted by Gasteiger charge is -2.15. The van der Waals surface area contributed by atoms with Crippen LogP contribution in [0.4, 0.5) is 26.3 Å². The predicted octanol–water partition coefficient (Wildman–Crippen LogP) is 5.56. The van der Waals surface area contributed by atoms with Crippen LogP contribution in [0.15, 0.2) is 59.4 Å². The van der Waals surface area contributed by atoms with E-state index in [1.54, 1.807) is 0 Å². The van der Waals surface area contributed by atoms with Crippen LogP contribution in [0.2, 0.25) is 0 Å². The molecule has 0 atom stereocenters. The SMILES string of the molecule is COc1ccc2c(c1)c(=O)c(-c1cccc(C(F)(F)F)c1F)nn2Cc1ccc(F)cc1F. The number of hydrogen-bond donors (Lipinski definition) is 0. The third-order valence-electron chi connectivity index (χ3n) is 5.06. The van der Waals surface area contributed by atoms with Gasteiger partial charge in [0, 0.05) is 17.2 Å². The minimum absolute atomic E-state index is 0.000121. The van der Waals surface area contributed by atoms with Gasteiger partial charge in [-0.05, 0) is 36.4 Å². The number of alkyl halides is 3. The fourth-order valence-electron chi connectivity index (χ4n) is 3.44. The Morgan fingerprint density at radius 2 is 1.76 bits per heavy atom. The Bertz CT molecular complexity index is 1430. The molecule has 4 rings (SSSR count). The van der Waals surface area contributed by atoms with E-state index in [1.165, 1.54) is 31.4 Å². The summed E-state index contributed by atoms with van der Waals surface area (Å²) >= 11 is 0. The average molecular weight is 464 g/mol. The quantitative estimate of drug-likeness (QED) is 0.372. The summed E-state index contributed by atoms with van der Waals surface area (Å²) in [4.78, 5) is 13.1. The molecule has 0 spiro atoms. The van der Waals surface area contributed by atoms with Crippen LogP contribution in [0.5, 0.6) is 5.75 Å². The van der Waals surface area contributed by atoms with Gasteiger partial charge in [-0.2, -0.15) is 18.3 Å². The Labute approximate surface area is 182 Å². The van der Waals surface area contributed by atoms with Gasteiger partial charge in [-0.1, -0.05) is 12.1 Å². The number of benzene rings is 3. The van der Waals surface area contributed by atoms with Crippen molar-refractivity contribution in [1.29, 1.82) is 0 Å². The smallest absolute Gasteiger partial charge is 0.419 e. The Hall–Kier alpha value is -3.82. The van der Waals surface area contributed by atoms with Crippen molar-refractivity contribution in [3.8, 4) is 17.0 Å². The molecule has 0 fully saturated rings. The second-order valence-electron chi connectivity index (χ2n) is 7.12. The Morgan fingerprint density at radius 3 is 2.42 bits per heavy atom. The number of methoxy groups -OCH3 is 1. The zero-order valence-electron chi connectivity index (χ0n) is 16.9. The van der Waals surface area contributed by atoms with E-state index in [4.69, 9.17) is 4.74 Å². The van der Waals surface area contributed by atoms with Crippen LogP contribution in [0.3, 0.4) is 0 Å². The highest BCUT2D eigenvalue weighted by atomic mass is 19.4. The second-order valence-corrected chi connectivity index (χ2v) is 7.12. The normalized spacial score (nSPS) is 11.7. The molecule has 0 amide bonds. The highest BCUT2D eigenvalue weighted by Crippen LogP contribution is 2.35. The molecule has 0 unspecified atom stereocenters. The topological polar surface area (TPSA) is 44.1 Å². The molecule has 0 saturated heterocycles. The molecule has 10 heteroatoms. The third-order valence-corrected chi connectivity index (χ3v) is 5.06. The number of hydrogen-bond acceptors (Lipinski definition) is 3. The van der Waals surface area contributed by atoms with Crippen LogP contribution in [0, 0.1) is 17.5 Å². The maximum Gasteiger partial charge on any atom is 0.419 e.